The fourth-order valence-corrected chi connectivity index (χ4v) is 2.11. The summed E-state index contributed by atoms with van der Waals surface area (Å²) in [4.78, 5) is 0. The summed E-state index contributed by atoms with van der Waals surface area (Å²) >= 11 is 0. The third kappa shape index (κ3) is 2.70. The summed E-state index contributed by atoms with van der Waals surface area (Å²) < 4.78 is 0. The van der Waals surface area contributed by atoms with Gasteiger partial charge in [-0.05, 0) is 5.56 Å². The first-order valence-electron chi connectivity index (χ1n) is 5.87. The Hall–Kier alpha value is -1.25. The van der Waals surface area contributed by atoms with Crippen molar-refractivity contribution in [1.82, 2.24) is 5.43 Å². The van der Waals surface area contributed by atoms with Gasteiger partial charge in [-0.2, -0.15) is 28.9 Å². The van der Waals surface area contributed by atoms with Crippen molar-refractivity contribution in [3.8, 4) is 0 Å². The van der Waals surface area contributed by atoms with Crippen LogP contribution in [-0.4, -0.2) is 5.71 Å². The number of hydrogen-bond donors (Lipinski definition) is 1. The third-order valence-electron chi connectivity index (χ3n) is 3.03. The van der Waals surface area contributed by atoms with Crippen LogP contribution in [0.4, 0.5) is 0 Å². The Kier molecular flexibility index (Phi) is 4.33. The predicted molar refractivity (Wildman–Crippen MR) is 74.3 cm³/mol. The molecule has 0 bridgehead atoms. The molecule has 0 amide bonds. The standard InChI is InChI=1S/C16H13N2.Y/c1-11-8-9-14-15(10-11)12(2)17-18-16(14)13-6-4-3-5-7-13;/h3-7,9-10,17H,2H2,1H3;/q-1;. The van der Waals surface area contributed by atoms with E-state index in [9.17, 15) is 0 Å². The number of benzene rings is 2. The van der Waals surface area contributed by atoms with Crippen LogP contribution in [0, 0.1) is 13.0 Å². The smallest absolute Gasteiger partial charge is 0.0435 e. The van der Waals surface area contributed by atoms with Crippen LogP contribution in [-0.2, 0) is 32.7 Å². The number of nitrogens with zero attached hydrogens (tertiary/aromatic N) is 1. The van der Waals surface area contributed by atoms with Crippen molar-refractivity contribution < 1.29 is 32.7 Å². The van der Waals surface area contributed by atoms with Crippen molar-refractivity contribution in [1.29, 1.82) is 0 Å². The number of fused-ring (bicyclic) bond motifs is 1. The Balaban J connectivity index is 0.00000133. The molecule has 2 aromatic rings. The second kappa shape index (κ2) is 5.81. The van der Waals surface area contributed by atoms with Crippen molar-refractivity contribution in [2.75, 3.05) is 0 Å². The summed E-state index contributed by atoms with van der Waals surface area (Å²) in [6.07, 6.45) is 0. The van der Waals surface area contributed by atoms with Gasteiger partial charge in [-0.3, -0.25) is 5.43 Å². The van der Waals surface area contributed by atoms with Crippen molar-refractivity contribution >= 4 is 11.4 Å². The fourth-order valence-electron chi connectivity index (χ4n) is 2.11. The van der Waals surface area contributed by atoms with Crippen LogP contribution >= 0.6 is 0 Å². The van der Waals surface area contributed by atoms with Gasteiger partial charge < -0.3 is 0 Å². The molecule has 19 heavy (non-hydrogen) atoms. The van der Waals surface area contributed by atoms with Gasteiger partial charge in [0.1, 0.15) is 0 Å². The summed E-state index contributed by atoms with van der Waals surface area (Å²) in [5, 5.41) is 4.40. The molecule has 2 aromatic carbocycles. The first kappa shape index (κ1) is 14.2. The predicted octanol–water partition coefficient (Wildman–Crippen LogP) is 3.12. The molecule has 1 aliphatic rings. The van der Waals surface area contributed by atoms with Crippen LogP contribution in [0.5, 0.6) is 0 Å². The molecule has 0 saturated carbocycles. The number of rotatable bonds is 1. The van der Waals surface area contributed by atoms with Crippen LogP contribution in [0.3, 0.4) is 0 Å². The average molecular weight is 322 g/mol. The molecule has 2 nitrogen and oxygen atoms in total. The maximum absolute atomic E-state index is 4.40. The Morgan fingerprint density at radius 1 is 1.16 bits per heavy atom. The van der Waals surface area contributed by atoms with Crippen LogP contribution in [0.25, 0.3) is 5.70 Å². The molecule has 3 heteroatoms. The third-order valence-corrected chi connectivity index (χ3v) is 3.03. The monoisotopic (exact) mass is 322 g/mol. The Morgan fingerprint density at radius 3 is 2.63 bits per heavy atom. The van der Waals surface area contributed by atoms with Crippen molar-refractivity contribution in [3.63, 3.8) is 0 Å². The minimum Gasteiger partial charge on any atom is -0.281 e. The molecular weight excluding hydrogens is 309 g/mol. The van der Waals surface area contributed by atoms with E-state index >= 15 is 0 Å². The van der Waals surface area contributed by atoms with Gasteiger partial charge in [0.15, 0.2) is 0 Å². The quantitative estimate of drug-likeness (QED) is 0.802. The topological polar surface area (TPSA) is 24.4 Å². The molecule has 0 atom stereocenters. The van der Waals surface area contributed by atoms with Gasteiger partial charge in [0, 0.05) is 44.1 Å². The minimum absolute atomic E-state index is 0. The molecule has 1 heterocycles. The molecule has 1 radical (unpaired) electrons. The normalized spacial score (nSPS) is 12.9. The molecule has 1 aliphatic heterocycles. The average Bonchev–Trinajstić information content (AvgIpc) is 2.41. The second-order valence-electron chi connectivity index (χ2n) is 4.36. The van der Waals surface area contributed by atoms with Gasteiger partial charge in [-0.1, -0.05) is 49.4 Å². The molecule has 0 fully saturated rings. The van der Waals surface area contributed by atoms with Gasteiger partial charge in [0.05, 0.1) is 0 Å². The first-order chi connectivity index (χ1) is 8.75. The number of aryl methyl sites for hydroxylation is 1. The Labute approximate surface area is 138 Å². The van der Waals surface area contributed by atoms with Gasteiger partial charge in [-0.15, -0.1) is 5.56 Å². The van der Waals surface area contributed by atoms with E-state index in [1.807, 2.05) is 31.2 Å². The summed E-state index contributed by atoms with van der Waals surface area (Å²) in [5.41, 5.74) is 9.14. The van der Waals surface area contributed by atoms with Crippen LogP contribution in [0.15, 0.2) is 54.1 Å². The van der Waals surface area contributed by atoms with E-state index in [0.29, 0.717) is 0 Å². The summed E-state index contributed by atoms with van der Waals surface area (Å²) in [7, 11) is 0. The number of hydrogen-bond acceptors (Lipinski definition) is 2. The zero-order valence-corrected chi connectivity index (χ0v) is 13.6. The Morgan fingerprint density at radius 2 is 1.89 bits per heavy atom. The molecule has 0 aliphatic carbocycles. The molecule has 0 saturated heterocycles. The van der Waals surface area contributed by atoms with Crippen molar-refractivity contribution in [2.45, 2.75) is 6.92 Å². The first-order valence-corrected chi connectivity index (χ1v) is 5.87. The van der Waals surface area contributed by atoms with E-state index in [1.165, 1.54) is 0 Å². The second-order valence-corrected chi connectivity index (χ2v) is 4.36. The zero-order chi connectivity index (χ0) is 12.5. The SMILES string of the molecule is C=C1NN=C(c2ccccc2)c2c[c-]c(C)cc21.[Y]. The van der Waals surface area contributed by atoms with Gasteiger partial charge in [0.25, 0.3) is 0 Å². The van der Waals surface area contributed by atoms with Crippen LogP contribution in [0.1, 0.15) is 22.3 Å². The van der Waals surface area contributed by atoms with E-state index in [1.54, 1.807) is 0 Å². The summed E-state index contributed by atoms with van der Waals surface area (Å²) in [5.74, 6) is 0. The largest absolute Gasteiger partial charge is 0.281 e. The van der Waals surface area contributed by atoms with Crippen LogP contribution in [0.2, 0.25) is 0 Å². The molecular formula is C16H13N2Y-. The van der Waals surface area contributed by atoms with Crippen molar-refractivity contribution in [2.24, 2.45) is 5.10 Å². The maximum atomic E-state index is 4.40. The minimum atomic E-state index is 0. The zero-order valence-electron chi connectivity index (χ0n) is 10.8. The molecule has 1 N–H and O–H groups in total. The van der Waals surface area contributed by atoms with E-state index in [-0.39, 0.29) is 32.7 Å². The van der Waals surface area contributed by atoms with Gasteiger partial charge in [0.2, 0.25) is 0 Å². The maximum Gasteiger partial charge on any atom is 0.0435 e. The molecule has 0 unspecified atom stereocenters. The molecule has 0 aromatic heterocycles. The molecule has 0 spiro atoms. The van der Waals surface area contributed by atoms with E-state index in [4.69, 9.17) is 0 Å². The summed E-state index contributed by atoms with van der Waals surface area (Å²) in [6, 6.07) is 17.4. The van der Waals surface area contributed by atoms with Crippen LogP contribution < -0.4 is 5.43 Å². The van der Waals surface area contributed by atoms with Gasteiger partial charge >= 0.3 is 0 Å². The van der Waals surface area contributed by atoms with Crippen molar-refractivity contribution in [3.05, 3.63) is 77.4 Å². The number of hydrazone groups is 1. The van der Waals surface area contributed by atoms with Gasteiger partial charge in [-0.25, -0.2) is 0 Å². The number of nitrogens with one attached hydrogen (secondary N) is 1. The molecule has 3 rings (SSSR count). The van der Waals surface area contributed by atoms with E-state index < -0.39 is 0 Å². The summed E-state index contributed by atoms with van der Waals surface area (Å²) in [6.45, 7) is 6.02. The molecule has 91 valence electrons. The fraction of sp³-hybridized carbons (Fsp3) is 0.0625. The van der Waals surface area contributed by atoms with E-state index in [0.717, 1.165) is 33.7 Å². The van der Waals surface area contributed by atoms with E-state index in [2.05, 4.69) is 41.4 Å². The Bertz CT molecular complexity index is 645.